The van der Waals surface area contributed by atoms with Crippen LogP contribution in [0.5, 0.6) is 11.5 Å². The Kier molecular flexibility index (Phi) is 3.84. The van der Waals surface area contributed by atoms with E-state index in [2.05, 4.69) is 16.3 Å². The summed E-state index contributed by atoms with van der Waals surface area (Å²) in [4.78, 5) is 14.7. The Morgan fingerprint density at radius 1 is 1.38 bits per heavy atom. The molecule has 0 unspecified atom stereocenters. The van der Waals surface area contributed by atoms with Crippen molar-refractivity contribution in [3.05, 3.63) is 40.2 Å². The second kappa shape index (κ2) is 6.02. The Morgan fingerprint density at radius 3 is 3.04 bits per heavy atom. The average Bonchev–Trinajstić information content (AvgIpc) is 3.23. The lowest BCUT2D eigenvalue weighted by atomic mass is 9.94. The lowest BCUT2D eigenvalue weighted by Crippen LogP contribution is -2.39. The minimum atomic E-state index is -0.0350. The number of H-pyrrole nitrogens is 1. The molecule has 4 rings (SSSR count). The molecule has 6 nitrogen and oxygen atoms in total. The molecule has 1 aromatic heterocycles. The highest BCUT2D eigenvalue weighted by Crippen LogP contribution is 2.40. The average molecular weight is 348 g/mol. The van der Waals surface area contributed by atoms with Crippen molar-refractivity contribution >= 4 is 17.5 Å². The molecule has 2 aliphatic heterocycles. The predicted octanol–water partition coefficient (Wildman–Crippen LogP) is 3.12. The molecule has 0 bridgehead atoms. The van der Waals surface area contributed by atoms with Crippen LogP contribution in [-0.2, 0) is 0 Å². The number of nitrogens with zero attached hydrogens (tertiary/aromatic N) is 2. The van der Waals surface area contributed by atoms with Crippen LogP contribution in [0.2, 0.25) is 5.02 Å². The first-order valence-corrected chi connectivity index (χ1v) is 8.40. The summed E-state index contributed by atoms with van der Waals surface area (Å²) in [6.45, 7) is 3.52. The van der Waals surface area contributed by atoms with Crippen molar-refractivity contribution < 1.29 is 14.3 Å². The molecule has 0 aliphatic carbocycles. The first-order valence-electron chi connectivity index (χ1n) is 8.02. The van der Waals surface area contributed by atoms with Gasteiger partial charge in [-0.05, 0) is 38.0 Å². The highest BCUT2D eigenvalue weighted by molar-refractivity contribution is 6.32. The number of aromatic nitrogens is 2. The van der Waals surface area contributed by atoms with Crippen LogP contribution in [0.1, 0.15) is 40.5 Å². The van der Waals surface area contributed by atoms with Crippen LogP contribution in [-0.4, -0.2) is 40.9 Å². The molecule has 3 heterocycles. The Bertz CT molecular complexity index is 789. The first kappa shape index (κ1) is 15.3. The third-order valence-corrected chi connectivity index (χ3v) is 4.81. The second-order valence-electron chi connectivity index (χ2n) is 6.26. The van der Waals surface area contributed by atoms with Crippen molar-refractivity contribution in [1.82, 2.24) is 15.1 Å². The fraction of sp³-hybridized carbons (Fsp3) is 0.412. The van der Waals surface area contributed by atoms with Gasteiger partial charge < -0.3 is 14.4 Å². The number of benzene rings is 1. The quantitative estimate of drug-likeness (QED) is 0.906. The molecule has 0 radical (unpaired) electrons. The zero-order chi connectivity index (χ0) is 16.7. The molecule has 126 valence electrons. The monoisotopic (exact) mass is 347 g/mol. The number of ether oxygens (including phenoxy) is 2. The van der Waals surface area contributed by atoms with Gasteiger partial charge >= 0.3 is 0 Å². The number of hydrogen-bond acceptors (Lipinski definition) is 4. The standard InChI is InChI=1S/C17H18ClN3O3/c1-10-5-14(20-19-10)11-3-2-4-21(8-11)17(22)12-6-13(18)16-15(7-12)23-9-24-16/h5-7,11H,2-4,8-9H2,1H3,(H,19,20)/t11-/m1/s1. The largest absolute Gasteiger partial charge is 0.454 e. The highest BCUT2D eigenvalue weighted by atomic mass is 35.5. The van der Waals surface area contributed by atoms with Crippen molar-refractivity contribution in [2.45, 2.75) is 25.7 Å². The summed E-state index contributed by atoms with van der Waals surface area (Å²) in [5, 5.41) is 7.73. The molecular formula is C17H18ClN3O3. The molecule has 1 amide bonds. The number of carbonyl (C=O) groups is 1. The van der Waals surface area contributed by atoms with Crippen LogP contribution in [0.25, 0.3) is 0 Å². The Labute approximate surface area is 144 Å². The van der Waals surface area contributed by atoms with Crippen molar-refractivity contribution in [2.75, 3.05) is 19.9 Å². The number of fused-ring (bicyclic) bond motifs is 1. The zero-order valence-corrected chi connectivity index (χ0v) is 14.1. The second-order valence-corrected chi connectivity index (χ2v) is 6.67. The van der Waals surface area contributed by atoms with Gasteiger partial charge in [-0.15, -0.1) is 0 Å². The van der Waals surface area contributed by atoms with E-state index in [-0.39, 0.29) is 18.6 Å². The van der Waals surface area contributed by atoms with Crippen LogP contribution in [0.4, 0.5) is 0 Å². The van der Waals surface area contributed by atoms with Gasteiger partial charge in [0.1, 0.15) is 0 Å². The highest BCUT2D eigenvalue weighted by Gasteiger charge is 2.28. The number of nitrogens with one attached hydrogen (secondary N) is 1. The lowest BCUT2D eigenvalue weighted by Gasteiger charge is -2.32. The maximum absolute atomic E-state index is 12.9. The van der Waals surface area contributed by atoms with Gasteiger partial charge in [-0.1, -0.05) is 11.6 Å². The number of carbonyl (C=O) groups excluding carboxylic acids is 1. The van der Waals surface area contributed by atoms with Gasteiger partial charge in [0.05, 0.1) is 10.7 Å². The SMILES string of the molecule is Cc1cc([C@@H]2CCCN(C(=O)c3cc(Cl)c4c(c3)OCO4)C2)n[nH]1. The summed E-state index contributed by atoms with van der Waals surface area (Å²) in [5.74, 6) is 1.27. The minimum absolute atomic E-state index is 0.0350. The number of rotatable bonds is 2. The number of amides is 1. The summed E-state index contributed by atoms with van der Waals surface area (Å²) in [5.41, 5.74) is 2.59. The van der Waals surface area contributed by atoms with Crippen molar-refractivity contribution in [1.29, 1.82) is 0 Å². The Balaban J connectivity index is 1.55. The maximum Gasteiger partial charge on any atom is 0.254 e. The predicted molar refractivity (Wildman–Crippen MR) is 88.8 cm³/mol. The number of aromatic amines is 1. The van der Waals surface area contributed by atoms with Gasteiger partial charge in [0, 0.05) is 30.3 Å². The van der Waals surface area contributed by atoms with E-state index in [4.69, 9.17) is 21.1 Å². The summed E-state index contributed by atoms with van der Waals surface area (Å²) in [6, 6.07) is 5.41. The van der Waals surface area contributed by atoms with Gasteiger partial charge in [0.2, 0.25) is 6.79 Å². The summed E-state index contributed by atoms with van der Waals surface area (Å²) < 4.78 is 10.7. The van der Waals surface area contributed by atoms with Crippen molar-refractivity contribution in [2.24, 2.45) is 0 Å². The molecule has 1 aromatic carbocycles. The number of piperidine rings is 1. The van der Waals surface area contributed by atoms with Crippen LogP contribution < -0.4 is 9.47 Å². The normalized spacial score (nSPS) is 19.6. The first-order chi connectivity index (χ1) is 11.6. The third kappa shape index (κ3) is 2.71. The van der Waals surface area contributed by atoms with Crippen LogP contribution in [0.3, 0.4) is 0 Å². The maximum atomic E-state index is 12.9. The van der Waals surface area contributed by atoms with E-state index in [1.54, 1.807) is 12.1 Å². The third-order valence-electron chi connectivity index (χ3n) is 4.53. The molecule has 1 N–H and O–H groups in total. The molecule has 0 spiro atoms. The van der Waals surface area contributed by atoms with E-state index < -0.39 is 0 Å². The van der Waals surface area contributed by atoms with Crippen molar-refractivity contribution in [3.8, 4) is 11.5 Å². The molecule has 1 saturated heterocycles. The summed E-state index contributed by atoms with van der Waals surface area (Å²) >= 11 is 6.20. The van der Waals surface area contributed by atoms with Crippen LogP contribution in [0, 0.1) is 6.92 Å². The van der Waals surface area contributed by atoms with E-state index in [1.807, 2.05) is 11.8 Å². The molecule has 2 aromatic rings. The molecule has 1 fully saturated rings. The summed E-state index contributed by atoms with van der Waals surface area (Å²) in [6.07, 6.45) is 2.00. The van der Waals surface area contributed by atoms with Crippen LogP contribution in [0.15, 0.2) is 18.2 Å². The number of aryl methyl sites for hydroxylation is 1. The van der Waals surface area contributed by atoms with E-state index in [9.17, 15) is 4.79 Å². The van der Waals surface area contributed by atoms with E-state index >= 15 is 0 Å². The Hall–Kier alpha value is -2.21. The van der Waals surface area contributed by atoms with Crippen molar-refractivity contribution in [3.63, 3.8) is 0 Å². The summed E-state index contributed by atoms with van der Waals surface area (Å²) in [7, 11) is 0. The Morgan fingerprint density at radius 2 is 2.25 bits per heavy atom. The fourth-order valence-corrected chi connectivity index (χ4v) is 3.59. The molecular weight excluding hydrogens is 330 g/mol. The van der Waals surface area contributed by atoms with E-state index in [1.165, 1.54) is 0 Å². The lowest BCUT2D eigenvalue weighted by molar-refractivity contribution is 0.0705. The number of likely N-dealkylation sites (tertiary alicyclic amines) is 1. The number of hydrogen-bond donors (Lipinski definition) is 1. The van der Waals surface area contributed by atoms with Crippen LogP contribution >= 0.6 is 11.6 Å². The minimum Gasteiger partial charge on any atom is -0.454 e. The molecule has 24 heavy (non-hydrogen) atoms. The topological polar surface area (TPSA) is 67.5 Å². The van der Waals surface area contributed by atoms with Gasteiger partial charge in [-0.3, -0.25) is 9.89 Å². The fourth-order valence-electron chi connectivity index (χ4n) is 3.32. The van der Waals surface area contributed by atoms with E-state index in [0.29, 0.717) is 28.6 Å². The smallest absolute Gasteiger partial charge is 0.254 e. The van der Waals surface area contributed by atoms with Gasteiger partial charge in [0.25, 0.3) is 5.91 Å². The number of halogens is 1. The molecule has 1 atom stereocenters. The molecule has 7 heteroatoms. The van der Waals surface area contributed by atoms with Gasteiger partial charge in [-0.2, -0.15) is 5.10 Å². The molecule has 0 saturated carbocycles. The van der Waals surface area contributed by atoms with E-state index in [0.717, 1.165) is 30.8 Å². The zero-order valence-electron chi connectivity index (χ0n) is 13.3. The van der Waals surface area contributed by atoms with Gasteiger partial charge in [-0.25, -0.2) is 0 Å². The van der Waals surface area contributed by atoms with Gasteiger partial charge in [0.15, 0.2) is 11.5 Å². The molecule has 2 aliphatic rings.